The van der Waals surface area contributed by atoms with Crippen molar-refractivity contribution in [2.45, 2.75) is 24.6 Å². The van der Waals surface area contributed by atoms with E-state index in [-0.39, 0.29) is 12.0 Å². The summed E-state index contributed by atoms with van der Waals surface area (Å²) in [6.45, 7) is 0. The highest BCUT2D eigenvalue weighted by Crippen LogP contribution is 2.55. The Bertz CT molecular complexity index is 397. The molecule has 0 aromatic heterocycles. The molecule has 1 fully saturated rings. The van der Waals surface area contributed by atoms with Gasteiger partial charge >= 0.3 is 6.18 Å². The number of benzene rings is 1. The number of alkyl halides is 3. The zero-order chi connectivity index (χ0) is 9.92. The third kappa shape index (κ3) is 0.966. The highest BCUT2D eigenvalue weighted by molar-refractivity contribution is 5.66. The number of hydrogen-bond acceptors (Lipinski definition) is 1. The fraction of sp³-hybridized carbons (Fsp3) is 0.400. The van der Waals surface area contributed by atoms with Crippen LogP contribution in [0.1, 0.15) is 23.5 Å². The van der Waals surface area contributed by atoms with Gasteiger partial charge in [0.05, 0.1) is 5.56 Å². The molecular formula is C10H8F3N. The molecule has 0 bridgehead atoms. The Morgan fingerprint density at radius 1 is 1.29 bits per heavy atom. The van der Waals surface area contributed by atoms with E-state index >= 15 is 0 Å². The van der Waals surface area contributed by atoms with Crippen LogP contribution in [0.2, 0.25) is 0 Å². The predicted molar refractivity (Wildman–Crippen MR) is 46.2 cm³/mol. The molecule has 0 amide bonds. The first-order valence-corrected chi connectivity index (χ1v) is 4.54. The van der Waals surface area contributed by atoms with Crippen LogP contribution in [-0.4, -0.2) is 6.04 Å². The zero-order valence-electron chi connectivity index (χ0n) is 7.23. The predicted octanol–water partition coefficient (Wildman–Crippen LogP) is 2.99. The second-order valence-electron chi connectivity index (χ2n) is 3.86. The lowest BCUT2D eigenvalue weighted by Crippen LogP contribution is -2.08. The highest BCUT2D eigenvalue weighted by Gasteiger charge is 2.50. The Morgan fingerprint density at radius 2 is 2.07 bits per heavy atom. The molecule has 1 N–H and O–H groups in total. The van der Waals surface area contributed by atoms with Crippen LogP contribution in [0.25, 0.3) is 0 Å². The summed E-state index contributed by atoms with van der Waals surface area (Å²) < 4.78 is 37.8. The minimum absolute atomic E-state index is 0.0998. The van der Waals surface area contributed by atoms with Crippen LogP contribution < -0.4 is 5.32 Å². The quantitative estimate of drug-likeness (QED) is 0.677. The number of nitrogens with one attached hydrogen (secondary N) is 1. The SMILES string of the molecule is FC(F)(F)c1cccc2c1C1CC1N2. The second kappa shape index (κ2) is 2.24. The maximum atomic E-state index is 12.6. The fourth-order valence-electron chi connectivity index (χ4n) is 2.21. The summed E-state index contributed by atoms with van der Waals surface area (Å²) >= 11 is 0. The molecule has 2 atom stereocenters. The van der Waals surface area contributed by atoms with Crippen molar-refractivity contribution >= 4 is 5.69 Å². The Kier molecular flexibility index (Phi) is 1.30. The summed E-state index contributed by atoms with van der Waals surface area (Å²) in [6, 6.07) is 4.60. The monoisotopic (exact) mass is 199 g/mol. The molecule has 1 saturated carbocycles. The molecule has 14 heavy (non-hydrogen) atoms. The highest BCUT2D eigenvalue weighted by atomic mass is 19.4. The van der Waals surface area contributed by atoms with E-state index < -0.39 is 11.7 Å². The van der Waals surface area contributed by atoms with Crippen molar-refractivity contribution < 1.29 is 13.2 Å². The molecule has 1 aliphatic heterocycles. The van der Waals surface area contributed by atoms with Crippen molar-refractivity contribution in [3.63, 3.8) is 0 Å². The maximum Gasteiger partial charge on any atom is 0.416 e. The van der Waals surface area contributed by atoms with Gasteiger partial charge in [0.15, 0.2) is 0 Å². The van der Waals surface area contributed by atoms with Crippen LogP contribution in [0.5, 0.6) is 0 Å². The molecule has 2 aliphatic rings. The van der Waals surface area contributed by atoms with Crippen LogP contribution >= 0.6 is 0 Å². The van der Waals surface area contributed by atoms with Crippen LogP contribution in [-0.2, 0) is 6.18 Å². The van der Waals surface area contributed by atoms with Crippen molar-refractivity contribution in [3.8, 4) is 0 Å². The molecule has 1 heterocycles. The minimum Gasteiger partial charge on any atom is -0.381 e. The van der Waals surface area contributed by atoms with Crippen molar-refractivity contribution in [2.75, 3.05) is 5.32 Å². The number of rotatable bonds is 0. The number of anilines is 1. The number of fused-ring (bicyclic) bond motifs is 3. The molecule has 1 aromatic carbocycles. The molecule has 2 unspecified atom stereocenters. The summed E-state index contributed by atoms with van der Waals surface area (Å²) in [4.78, 5) is 0. The van der Waals surface area contributed by atoms with Gasteiger partial charge in [-0.2, -0.15) is 13.2 Å². The van der Waals surface area contributed by atoms with E-state index in [1.54, 1.807) is 6.07 Å². The van der Waals surface area contributed by atoms with Crippen molar-refractivity contribution in [1.29, 1.82) is 0 Å². The summed E-state index contributed by atoms with van der Waals surface area (Å²) in [5.41, 5.74) is 0.679. The molecule has 1 aromatic rings. The zero-order valence-corrected chi connectivity index (χ0v) is 7.23. The second-order valence-corrected chi connectivity index (χ2v) is 3.86. The summed E-state index contributed by atoms with van der Waals surface area (Å²) in [7, 11) is 0. The molecule has 0 radical (unpaired) electrons. The normalized spacial score (nSPS) is 27.9. The standard InChI is InChI=1S/C10H8F3N/c11-10(12,13)6-2-1-3-7-9(6)5-4-8(5)14-7/h1-3,5,8,14H,4H2. The smallest absolute Gasteiger partial charge is 0.381 e. The Balaban J connectivity index is 2.18. The molecule has 3 rings (SSSR count). The largest absolute Gasteiger partial charge is 0.416 e. The van der Waals surface area contributed by atoms with E-state index in [1.807, 2.05) is 0 Å². The topological polar surface area (TPSA) is 12.0 Å². The van der Waals surface area contributed by atoms with Gasteiger partial charge in [-0.15, -0.1) is 0 Å². The lowest BCUT2D eigenvalue weighted by molar-refractivity contribution is -0.138. The first-order chi connectivity index (χ1) is 6.57. The number of halogens is 3. The van der Waals surface area contributed by atoms with Gasteiger partial charge < -0.3 is 5.32 Å². The minimum atomic E-state index is -4.22. The van der Waals surface area contributed by atoms with E-state index in [0.717, 1.165) is 6.42 Å². The van der Waals surface area contributed by atoms with Gasteiger partial charge in [0.25, 0.3) is 0 Å². The van der Waals surface area contributed by atoms with Gasteiger partial charge in [-0.3, -0.25) is 0 Å². The van der Waals surface area contributed by atoms with Gasteiger partial charge in [0.1, 0.15) is 0 Å². The summed E-state index contributed by atoms with van der Waals surface area (Å²) in [5.74, 6) is 0.0998. The van der Waals surface area contributed by atoms with Gasteiger partial charge in [-0.25, -0.2) is 0 Å². The van der Waals surface area contributed by atoms with E-state index in [2.05, 4.69) is 5.32 Å². The van der Waals surface area contributed by atoms with Crippen LogP contribution in [0.15, 0.2) is 18.2 Å². The lowest BCUT2D eigenvalue weighted by Gasteiger charge is -2.12. The van der Waals surface area contributed by atoms with E-state index in [0.29, 0.717) is 11.3 Å². The van der Waals surface area contributed by atoms with E-state index in [4.69, 9.17) is 0 Å². The van der Waals surface area contributed by atoms with Crippen molar-refractivity contribution in [3.05, 3.63) is 29.3 Å². The molecule has 4 heteroatoms. The molecule has 1 aliphatic carbocycles. The first-order valence-electron chi connectivity index (χ1n) is 4.54. The van der Waals surface area contributed by atoms with E-state index in [1.165, 1.54) is 12.1 Å². The van der Waals surface area contributed by atoms with Gasteiger partial charge in [-0.1, -0.05) is 6.07 Å². The van der Waals surface area contributed by atoms with Crippen molar-refractivity contribution in [2.24, 2.45) is 0 Å². The van der Waals surface area contributed by atoms with Crippen LogP contribution in [0, 0.1) is 0 Å². The average Bonchev–Trinajstić information content (AvgIpc) is 2.76. The summed E-state index contributed by atoms with van der Waals surface area (Å²) in [5, 5.41) is 3.08. The fourth-order valence-corrected chi connectivity index (χ4v) is 2.21. The summed E-state index contributed by atoms with van der Waals surface area (Å²) in [6.07, 6.45) is -3.37. The Hall–Kier alpha value is -1.19. The molecule has 0 spiro atoms. The van der Waals surface area contributed by atoms with Gasteiger partial charge in [0, 0.05) is 17.6 Å². The Morgan fingerprint density at radius 3 is 2.79 bits per heavy atom. The number of hydrogen-bond donors (Lipinski definition) is 1. The third-order valence-electron chi connectivity index (χ3n) is 2.91. The molecular weight excluding hydrogens is 191 g/mol. The average molecular weight is 199 g/mol. The van der Waals surface area contributed by atoms with Gasteiger partial charge in [-0.05, 0) is 24.1 Å². The molecule has 74 valence electrons. The lowest BCUT2D eigenvalue weighted by atomic mass is 10.0. The molecule has 1 nitrogen and oxygen atoms in total. The molecule has 0 saturated heterocycles. The van der Waals surface area contributed by atoms with Crippen LogP contribution in [0.4, 0.5) is 18.9 Å². The van der Waals surface area contributed by atoms with Gasteiger partial charge in [0.2, 0.25) is 0 Å². The first kappa shape index (κ1) is 8.15. The van der Waals surface area contributed by atoms with E-state index in [9.17, 15) is 13.2 Å². The Labute approximate surface area is 78.9 Å². The van der Waals surface area contributed by atoms with Crippen molar-refractivity contribution in [1.82, 2.24) is 0 Å². The third-order valence-corrected chi connectivity index (χ3v) is 2.91. The maximum absolute atomic E-state index is 12.6. The van der Waals surface area contributed by atoms with Crippen LogP contribution in [0.3, 0.4) is 0 Å².